The van der Waals surface area contributed by atoms with Crippen molar-refractivity contribution < 1.29 is 17.9 Å². The highest BCUT2D eigenvalue weighted by Crippen LogP contribution is 2.24. The van der Waals surface area contributed by atoms with Crippen molar-refractivity contribution in [2.24, 2.45) is 5.92 Å². The van der Waals surface area contributed by atoms with Gasteiger partial charge in [0.25, 0.3) is 5.91 Å². The van der Waals surface area contributed by atoms with E-state index in [-0.39, 0.29) is 16.8 Å². The Labute approximate surface area is 203 Å². The van der Waals surface area contributed by atoms with E-state index in [1.54, 1.807) is 35.7 Å². The van der Waals surface area contributed by atoms with E-state index in [1.807, 2.05) is 12.1 Å². The Morgan fingerprint density at radius 3 is 2.32 bits per heavy atom. The summed E-state index contributed by atoms with van der Waals surface area (Å²) in [5.41, 5.74) is 1.71. The van der Waals surface area contributed by atoms with Crippen LogP contribution in [0.1, 0.15) is 48.5 Å². The molecule has 2 aromatic carbocycles. The van der Waals surface area contributed by atoms with Crippen LogP contribution in [-0.2, 0) is 16.6 Å². The van der Waals surface area contributed by atoms with Crippen LogP contribution < -0.4 is 10.1 Å². The predicted molar refractivity (Wildman–Crippen MR) is 132 cm³/mol. The van der Waals surface area contributed by atoms with Gasteiger partial charge in [0.05, 0.1) is 12.0 Å². The van der Waals surface area contributed by atoms with Crippen LogP contribution in [0.2, 0.25) is 0 Å². The first-order chi connectivity index (χ1) is 16.3. The molecule has 2 aliphatic rings. The zero-order chi connectivity index (χ0) is 24.1. The molecule has 0 atom stereocenters. The normalized spacial score (nSPS) is 19.1. The maximum Gasteiger partial charge on any atom is 0.251 e. The first kappa shape index (κ1) is 24.7. The first-order valence-corrected chi connectivity index (χ1v) is 13.6. The van der Waals surface area contributed by atoms with Crippen LogP contribution in [0.3, 0.4) is 0 Å². The number of hydrogen-bond acceptors (Lipinski definition) is 5. The number of methoxy groups -OCH3 is 1. The molecule has 0 saturated carbocycles. The van der Waals surface area contributed by atoms with Gasteiger partial charge >= 0.3 is 0 Å². The molecule has 1 amide bonds. The zero-order valence-electron chi connectivity index (χ0n) is 20.1. The van der Waals surface area contributed by atoms with Gasteiger partial charge in [-0.2, -0.15) is 4.31 Å². The Hall–Kier alpha value is -2.42. The van der Waals surface area contributed by atoms with Gasteiger partial charge in [-0.3, -0.25) is 9.69 Å². The summed E-state index contributed by atoms with van der Waals surface area (Å²) >= 11 is 0. The van der Waals surface area contributed by atoms with Crippen LogP contribution in [-0.4, -0.2) is 62.9 Å². The molecule has 0 bridgehead atoms. The number of rotatable bonds is 7. The molecule has 2 saturated heterocycles. The number of sulfonamides is 1. The van der Waals surface area contributed by atoms with E-state index in [1.165, 1.54) is 5.56 Å². The summed E-state index contributed by atoms with van der Waals surface area (Å²) in [6.07, 6.45) is 3.54. The second-order valence-electron chi connectivity index (χ2n) is 9.49. The molecule has 8 heteroatoms. The summed E-state index contributed by atoms with van der Waals surface area (Å²) in [7, 11) is -1.83. The number of likely N-dealkylation sites (tertiary alicyclic amines) is 1. The maximum absolute atomic E-state index is 12.9. The van der Waals surface area contributed by atoms with Crippen molar-refractivity contribution in [2.45, 2.75) is 50.1 Å². The van der Waals surface area contributed by atoms with Crippen LogP contribution >= 0.6 is 0 Å². The number of piperidine rings is 2. The van der Waals surface area contributed by atoms with Crippen LogP contribution in [0.5, 0.6) is 5.75 Å². The van der Waals surface area contributed by atoms with E-state index in [0.29, 0.717) is 24.6 Å². The van der Waals surface area contributed by atoms with Gasteiger partial charge in [0, 0.05) is 44.3 Å². The third kappa shape index (κ3) is 5.98. The molecule has 2 aliphatic heterocycles. The number of nitrogens with zero attached hydrogens (tertiary/aromatic N) is 2. The van der Waals surface area contributed by atoms with Crippen LogP contribution in [0.25, 0.3) is 0 Å². The summed E-state index contributed by atoms with van der Waals surface area (Å²) < 4.78 is 32.7. The third-order valence-corrected chi connectivity index (χ3v) is 8.87. The summed E-state index contributed by atoms with van der Waals surface area (Å²) in [4.78, 5) is 15.4. The summed E-state index contributed by atoms with van der Waals surface area (Å²) in [6, 6.07) is 14.6. The zero-order valence-corrected chi connectivity index (χ0v) is 20.9. The lowest BCUT2D eigenvalue weighted by atomic mass is 10.0. The minimum Gasteiger partial charge on any atom is -0.497 e. The third-order valence-electron chi connectivity index (χ3n) is 6.96. The highest BCUT2D eigenvalue weighted by molar-refractivity contribution is 7.89. The second kappa shape index (κ2) is 10.9. The smallest absolute Gasteiger partial charge is 0.251 e. The Kier molecular flexibility index (Phi) is 7.91. The first-order valence-electron chi connectivity index (χ1n) is 12.1. The highest BCUT2D eigenvalue weighted by atomic mass is 32.2. The Morgan fingerprint density at radius 1 is 1.00 bits per heavy atom. The molecule has 0 aliphatic carbocycles. The molecule has 0 spiro atoms. The number of amides is 1. The van der Waals surface area contributed by atoms with Gasteiger partial charge in [-0.1, -0.05) is 19.1 Å². The fourth-order valence-corrected chi connectivity index (χ4v) is 6.16. The number of hydrogen-bond donors (Lipinski definition) is 1. The molecule has 184 valence electrons. The predicted octanol–water partition coefficient (Wildman–Crippen LogP) is 3.51. The Morgan fingerprint density at radius 2 is 1.68 bits per heavy atom. The molecule has 7 nitrogen and oxygen atoms in total. The number of nitrogens with one attached hydrogen (secondary N) is 1. The second-order valence-corrected chi connectivity index (χ2v) is 11.4. The monoisotopic (exact) mass is 485 g/mol. The Balaban J connectivity index is 1.28. The largest absolute Gasteiger partial charge is 0.497 e. The van der Waals surface area contributed by atoms with Crippen molar-refractivity contribution in [1.29, 1.82) is 0 Å². The molecule has 4 rings (SSSR count). The van der Waals surface area contributed by atoms with E-state index in [2.05, 4.69) is 29.3 Å². The number of ether oxygens (including phenoxy) is 1. The van der Waals surface area contributed by atoms with Crippen LogP contribution in [0, 0.1) is 5.92 Å². The fourth-order valence-electron chi connectivity index (χ4n) is 4.69. The van der Waals surface area contributed by atoms with Crippen LogP contribution in [0.4, 0.5) is 0 Å². The minimum absolute atomic E-state index is 0.118. The van der Waals surface area contributed by atoms with Gasteiger partial charge < -0.3 is 10.1 Å². The maximum atomic E-state index is 12.9. The lowest BCUT2D eigenvalue weighted by molar-refractivity contribution is 0.0908. The summed E-state index contributed by atoms with van der Waals surface area (Å²) in [6.45, 7) is 5.96. The molecule has 2 heterocycles. The van der Waals surface area contributed by atoms with Crippen LogP contribution in [0.15, 0.2) is 53.4 Å². The highest BCUT2D eigenvalue weighted by Gasteiger charge is 2.28. The van der Waals surface area contributed by atoms with Crippen molar-refractivity contribution in [3.05, 3.63) is 59.7 Å². The summed E-state index contributed by atoms with van der Waals surface area (Å²) in [5, 5.41) is 3.12. The van der Waals surface area contributed by atoms with Crippen molar-refractivity contribution in [2.75, 3.05) is 33.3 Å². The van der Waals surface area contributed by atoms with Gasteiger partial charge in [0.2, 0.25) is 10.0 Å². The van der Waals surface area contributed by atoms with Crippen molar-refractivity contribution in [3.63, 3.8) is 0 Å². The molecule has 1 N–H and O–H groups in total. The quantitative estimate of drug-likeness (QED) is 0.649. The molecule has 0 unspecified atom stereocenters. The SMILES string of the molecule is COc1cccc(CN2CCC(NC(=O)c3ccc(S(=O)(=O)N4CCC(C)CC4)cc3)CC2)c1. The number of benzene rings is 2. The van der Waals surface area contributed by atoms with E-state index in [9.17, 15) is 13.2 Å². The topological polar surface area (TPSA) is 79.0 Å². The average molecular weight is 486 g/mol. The number of carbonyl (C=O) groups excluding carboxylic acids is 1. The standard InChI is InChI=1S/C26H35N3O4S/c1-20-10-16-29(17-11-20)34(31,32)25-8-6-22(7-9-25)26(30)27-23-12-14-28(15-13-23)19-21-4-3-5-24(18-21)33-2/h3-9,18,20,23H,10-17,19H2,1-2H3,(H,27,30). The van der Waals surface area contributed by atoms with Gasteiger partial charge in [0.1, 0.15) is 5.75 Å². The molecule has 34 heavy (non-hydrogen) atoms. The molecule has 0 aromatic heterocycles. The molecular weight excluding hydrogens is 450 g/mol. The van der Waals surface area contributed by atoms with E-state index >= 15 is 0 Å². The van der Waals surface area contributed by atoms with Crippen molar-refractivity contribution >= 4 is 15.9 Å². The Bertz CT molecular complexity index is 1070. The van der Waals surface area contributed by atoms with E-state index < -0.39 is 10.0 Å². The van der Waals surface area contributed by atoms with E-state index in [4.69, 9.17) is 4.74 Å². The van der Waals surface area contributed by atoms with Gasteiger partial charge in [-0.05, 0) is 73.6 Å². The van der Waals surface area contributed by atoms with E-state index in [0.717, 1.165) is 51.1 Å². The molecule has 0 radical (unpaired) electrons. The average Bonchev–Trinajstić information content (AvgIpc) is 2.85. The van der Waals surface area contributed by atoms with Crippen molar-refractivity contribution in [3.8, 4) is 5.75 Å². The van der Waals surface area contributed by atoms with Gasteiger partial charge in [0.15, 0.2) is 0 Å². The van der Waals surface area contributed by atoms with Gasteiger partial charge in [-0.25, -0.2) is 8.42 Å². The minimum atomic E-state index is -3.50. The molecular formula is C26H35N3O4S. The molecule has 2 aromatic rings. The summed E-state index contributed by atoms with van der Waals surface area (Å²) in [5.74, 6) is 1.28. The van der Waals surface area contributed by atoms with Gasteiger partial charge in [-0.15, -0.1) is 0 Å². The van der Waals surface area contributed by atoms with Crippen molar-refractivity contribution in [1.82, 2.24) is 14.5 Å². The lowest BCUT2D eigenvalue weighted by Crippen LogP contribution is -2.44. The number of carbonyl (C=O) groups is 1. The fraction of sp³-hybridized carbons (Fsp3) is 0.500. The lowest BCUT2D eigenvalue weighted by Gasteiger charge is -2.32. The molecule has 2 fully saturated rings.